The smallest absolute Gasteiger partial charge is 0.181 e. The summed E-state index contributed by atoms with van der Waals surface area (Å²) in [6.45, 7) is 1.88. The minimum atomic E-state index is 0.474. The highest BCUT2D eigenvalue weighted by Crippen LogP contribution is 2.31. The van der Waals surface area contributed by atoms with Gasteiger partial charge >= 0.3 is 0 Å². The molecule has 0 spiro atoms. The highest BCUT2D eigenvalue weighted by Gasteiger charge is 2.11. The Morgan fingerprint density at radius 2 is 1.83 bits per heavy atom. The lowest BCUT2D eigenvalue weighted by Gasteiger charge is -2.05. The number of hydrogen-bond donors (Lipinski definition) is 2. The fourth-order valence-corrected chi connectivity index (χ4v) is 2.35. The molecule has 0 aliphatic carbocycles. The number of nitrogens with zero attached hydrogens (tertiary/aromatic N) is 5. The maximum absolute atomic E-state index is 5.75. The average molecular weight is 259 g/mol. The normalized spacial score (nSPS) is 10.9. The van der Waals surface area contributed by atoms with Crippen LogP contribution >= 0.6 is 11.8 Å². The number of nitrogens with one attached hydrogen (secondary N) is 1. The van der Waals surface area contributed by atoms with Crippen molar-refractivity contribution in [3.63, 3.8) is 0 Å². The molecule has 0 aliphatic rings. The molecular weight excluding hydrogens is 250 g/mol. The predicted octanol–water partition coefficient (Wildman–Crippen LogP) is 1.18. The van der Waals surface area contributed by atoms with Crippen molar-refractivity contribution in [3.05, 3.63) is 24.5 Å². The standard InChI is InChI=1S/C10H9N7S/c1-5-7(11)13-3-16-9(5)18-10-6-8(14-2-12-6)15-4-17-10/h2-4H,1H3,(H2,11,13,16)(H,12,14,15,17). The first-order valence-electron chi connectivity index (χ1n) is 5.14. The summed E-state index contributed by atoms with van der Waals surface area (Å²) in [6, 6.07) is 0. The zero-order valence-electron chi connectivity index (χ0n) is 9.45. The second-order valence-corrected chi connectivity index (χ2v) is 4.55. The lowest BCUT2D eigenvalue weighted by Crippen LogP contribution is -1.98. The van der Waals surface area contributed by atoms with Crippen LogP contribution in [-0.2, 0) is 0 Å². The molecule has 0 radical (unpaired) electrons. The molecule has 3 heterocycles. The van der Waals surface area contributed by atoms with Crippen LogP contribution in [-0.4, -0.2) is 29.9 Å². The summed E-state index contributed by atoms with van der Waals surface area (Å²) in [5.41, 5.74) is 8.01. The van der Waals surface area contributed by atoms with Crippen LogP contribution in [0.2, 0.25) is 0 Å². The Kier molecular flexibility index (Phi) is 2.56. The molecule has 3 N–H and O–H groups in total. The molecule has 7 nitrogen and oxygen atoms in total. The third-order valence-electron chi connectivity index (χ3n) is 2.46. The van der Waals surface area contributed by atoms with Crippen molar-refractivity contribution in [2.45, 2.75) is 17.0 Å². The van der Waals surface area contributed by atoms with E-state index in [1.165, 1.54) is 24.4 Å². The quantitative estimate of drug-likeness (QED) is 0.665. The number of aromatic amines is 1. The zero-order valence-corrected chi connectivity index (χ0v) is 10.3. The van der Waals surface area contributed by atoms with Gasteiger partial charge in [-0.2, -0.15) is 0 Å². The first-order valence-corrected chi connectivity index (χ1v) is 5.96. The molecule has 0 aliphatic heterocycles. The largest absolute Gasteiger partial charge is 0.383 e. The number of fused-ring (bicyclic) bond motifs is 1. The van der Waals surface area contributed by atoms with Gasteiger partial charge in [-0.25, -0.2) is 24.9 Å². The number of hydrogen-bond acceptors (Lipinski definition) is 7. The van der Waals surface area contributed by atoms with Crippen LogP contribution in [0, 0.1) is 6.92 Å². The Labute approximate surface area is 106 Å². The number of aromatic nitrogens is 6. The summed E-state index contributed by atoms with van der Waals surface area (Å²) in [7, 11) is 0. The third-order valence-corrected chi connectivity index (χ3v) is 3.57. The zero-order chi connectivity index (χ0) is 12.5. The number of imidazole rings is 1. The molecule has 0 aromatic carbocycles. The van der Waals surface area contributed by atoms with Gasteiger partial charge < -0.3 is 10.7 Å². The first kappa shape index (κ1) is 10.9. The fraction of sp³-hybridized carbons (Fsp3) is 0.100. The van der Waals surface area contributed by atoms with E-state index in [1.807, 2.05) is 6.92 Å². The summed E-state index contributed by atoms with van der Waals surface area (Å²) in [6.07, 6.45) is 4.51. The number of rotatable bonds is 2. The van der Waals surface area contributed by atoms with Crippen LogP contribution in [0.1, 0.15) is 5.56 Å². The molecular formula is C10H9N7S. The summed E-state index contributed by atoms with van der Waals surface area (Å²) < 4.78 is 0. The van der Waals surface area contributed by atoms with E-state index in [9.17, 15) is 0 Å². The molecule has 8 heteroatoms. The van der Waals surface area contributed by atoms with Crippen molar-refractivity contribution in [2.24, 2.45) is 0 Å². The van der Waals surface area contributed by atoms with Gasteiger partial charge in [0, 0.05) is 5.56 Å². The van der Waals surface area contributed by atoms with E-state index in [1.54, 1.807) is 6.33 Å². The van der Waals surface area contributed by atoms with Gasteiger partial charge in [-0.15, -0.1) is 0 Å². The number of H-pyrrole nitrogens is 1. The van der Waals surface area contributed by atoms with Crippen molar-refractivity contribution in [1.82, 2.24) is 29.9 Å². The van der Waals surface area contributed by atoms with Gasteiger partial charge in [0.15, 0.2) is 5.65 Å². The van der Waals surface area contributed by atoms with Gasteiger partial charge in [0.1, 0.15) is 34.0 Å². The Bertz CT molecular complexity index is 708. The van der Waals surface area contributed by atoms with Crippen molar-refractivity contribution in [2.75, 3.05) is 5.73 Å². The lowest BCUT2D eigenvalue weighted by atomic mass is 10.4. The Morgan fingerprint density at radius 3 is 2.72 bits per heavy atom. The van der Waals surface area contributed by atoms with E-state index in [0.717, 1.165) is 21.1 Å². The Hall–Kier alpha value is -2.22. The predicted molar refractivity (Wildman–Crippen MR) is 67.0 cm³/mol. The van der Waals surface area contributed by atoms with Crippen LogP contribution in [0.5, 0.6) is 0 Å². The number of nitrogens with two attached hydrogens (primary N) is 1. The maximum atomic E-state index is 5.75. The highest BCUT2D eigenvalue weighted by molar-refractivity contribution is 7.99. The van der Waals surface area contributed by atoms with Gasteiger partial charge in [0.25, 0.3) is 0 Å². The molecule has 90 valence electrons. The van der Waals surface area contributed by atoms with Crippen molar-refractivity contribution in [1.29, 1.82) is 0 Å². The van der Waals surface area contributed by atoms with Gasteiger partial charge in [0.2, 0.25) is 0 Å². The number of anilines is 1. The minimum absolute atomic E-state index is 0.474. The van der Waals surface area contributed by atoms with Crippen LogP contribution < -0.4 is 5.73 Å². The molecule has 3 aromatic heterocycles. The molecule has 0 saturated heterocycles. The molecule has 0 atom stereocenters. The third kappa shape index (κ3) is 1.76. The SMILES string of the molecule is Cc1c(N)ncnc1Sc1ncnc2nc[nH]c12. The van der Waals surface area contributed by atoms with Crippen molar-refractivity contribution >= 4 is 28.7 Å². The minimum Gasteiger partial charge on any atom is -0.383 e. The molecule has 0 fully saturated rings. The van der Waals surface area contributed by atoms with Gasteiger partial charge in [0.05, 0.1) is 6.33 Å². The van der Waals surface area contributed by atoms with Gasteiger partial charge in [-0.05, 0) is 18.7 Å². The van der Waals surface area contributed by atoms with E-state index in [2.05, 4.69) is 29.9 Å². The lowest BCUT2D eigenvalue weighted by molar-refractivity contribution is 1.00. The van der Waals surface area contributed by atoms with E-state index in [-0.39, 0.29) is 0 Å². The molecule has 0 bridgehead atoms. The summed E-state index contributed by atoms with van der Waals surface area (Å²) in [5, 5.41) is 1.54. The second-order valence-electron chi connectivity index (χ2n) is 3.57. The van der Waals surface area contributed by atoms with Crippen molar-refractivity contribution in [3.8, 4) is 0 Å². The molecule has 3 aromatic rings. The van der Waals surface area contributed by atoms with Crippen LogP contribution in [0.3, 0.4) is 0 Å². The molecule has 0 unspecified atom stereocenters. The van der Waals surface area contributed by atoms with Crippen LogP contribution in [0.25, 0.3) is 11.2 Å². The molecule has 3 rings (SSSR count). The molecule has 0 saturated carbocycles. The summed E-state index contributed by atoms with van der Waals surface area (Å²) in [4.78, 5) is 23.5. The van der Waals surface area contributed by atoms with Crippen LogP contribution in [0.4, 0.5) is 5.82 Å². The van der Waals surface area contributed by atoms with E-state index < -0.39 is 0 Å². The van der Waals surface area contributed by atoms with Crippen molar-refractivity contribution < 1.29 is 0 Å². The maximum Gasteiger partial charge on any atom is 0.181 e. The second kappa shape index (κ2) is 4.22. The highest BCUT2D eigenvalue weighted by atomic mass is 32.2. The monoisotopic (exact) mass is 259 g/mol. The van der Waals surface area contributed by atoms with Crippen LogP contribution in [0.15, 0.2) is 29.0 Å². The van der Waals surface area contributed by atoms with E-state index in [4.69, 9.17) is 5.73 Å². The Balaban J connectivity index is 2.06. The molecule has 0 amide bonds. The first-order chi connectivity index (χ1) is 8.75. The average Bonchev–Trinajstić information content (AvgIpc) is 2.84. The van der Waals surface area contributed by atoms with E-state index >= 15 is 0 Å². The topological polar surface area (TPSA) is 106 Å². The Morgan fingerprint density at radius 1 is 1.06 bits per heavy atom. The van der Waals surface area contributed by atoms with Gasteiger partial charge in [-0.3, -0.25) is 0 Å². The van der Waals surface area contributed by atoms with E-state index in [0.29, 0.717) is 11.5 Å². The fourth-order valence-electron chi connectivity index (χ4n) is 1.46. The number of nitrogen functional groups attached to an aromatic ring is 1. The summed E-state index contributed by atoms with van der Waals surface area (Å²) in [5.74, 6) is 0.474. The summed E-state index contributed by atoms with van der Waals surface area (Å²) >= 11 is 1.41. The molecule has 18 heavy (non-hydrogen) atoms. The van der Waals surface area contributed by atoms with Gasteiger partial charge in [-0.1, -0.05) is 0 Å².